The van der Waals surface area contributed by atoms with Gasteiger partial charge in [-0.15, -0.1) is 0 Å². The number of carbonyl (C=O) groups is 1. The number of halogens is 2. The molecule has 31 heavy (non-hydrogen) atoms. The summed E-state index contributed by atoms with van der Waals surface area (Å²) < 4.78 is 30.8. The van der Waals surface area contributed by atoms with E-state index < -0.39 is 11.6 Å². The maximum absolute atomic E-state index is 13.6. The summed E-state index contributed by atoms with van der Waals surface area (Å²) in [6.07, 6.45) is 3.88. The van der Waals surface area contributed by atoms with Crippen LogP contribution in [-0.2, 0) is 13.1 Å². The molecular formula is C24H20F2N4O. The van der Waals surface area contributed by atoms with E-state index >= 15 is 0 Å². The van der Waals surface area contributed by atoms with Crippen molar-refractivity contribution in [3.63, 3.8) is 0 Å². The minimum absolute atomic E-state index is 0.119. The molecule has 5 nitrogen and oxygen atoms in total. The minimum atomic E-state index is -1.03. The second-order valence-corrected chi connectivity index (χ2v) is 7.83. The highest BCUT2D eigenvalue weighted by atomic mass is 19.2. The van der Waals surface area contributed by atoms with Crippen LogP contribution in [-0.4, -0.2) is 25.2 Å². The van der Waals surface area contributed by atoms with Gasteiger partial charge in [-0.2, -0.15) is 5.10 Å². The van der Waals surface area contributed by atoms with Crippen LogP contribution in [0.3, 0.4) is 0 Å². The molecule has 7 heteroatoms. The van der Waals surface area contributed by atoms with E-state index in [2.05, 4.69) is 13.0 Å². The molecule has 0 spiro atoms. The van der Waals surface area contributed by atoms with Crippen LogP contribution >= 0.6 is 0 Å². The Labute approximate surface area is 178 Å². The van der Waals surface area contributed by atoms with E-state index in [1.165, 1.54) is 11.6 Å². The standard InChI is InChI=1S/C24H20F2N4O/c1-15-5-8-22(16(2)11-15)30-23(28-9-3-4-10-28)18-13-29(14-21(18)27-30)24(31)17-6-7-19(25)20(26)12-17/h3-12H,13-14H2,1-2H3. The maximum Gasteiger partial charge on any atom is 0.254 e. The molecule has 0 bridgehead atoms. The van der Waals surface area contributed by atoms with E-state index in [0.29, 0.717) is 13.1 Å². The van der Waals surface area contributed by atoms with Crippen LogP contribution in [0.5, 0.6) is 0 Å². The van der Waals surface area contributed by atoms with E-state index in [0.717, 1.165) is 40.5 Å². The van der Waals surface area contributed by atoms with Gasteiger partial charge in [0.1, 0.15) is 5.82 Å². The van der Waals surface area contributed by atoms with Gasteiger partial charge < -0.3 is 9.47 Å². The van der Waals surface area contributed by atoms with Crippen LogP contribution in [0.2, 0.25) is 0 Å². The smallest absolute Gasteiger partial charge is 0.254 e. The largest absolute Gasteiger partial charge is 0.328 e. The van der Waals surface area contributed by atoms with Crippen molar-refractivity contribution in [3.8, 4) is 11.5 Å². The van der Waals surface area contributed by atoms with Crippen molar-refractivity contribution in [3.05, 3.63) is 101 Å². The second kappa shape index (κ2) is 7.19. The van der Waals surface area contributed by atoms with Gasteiger partial charge in [-0.3, -0.25) is 4.79 Å². The summed E-state index contributed by atoms with van der Waals surface area (Å²) in [5.41, 5.74) is 5.10. The first kappa shape index (κ1) is 19.2. The van der Waals surface area contributed by atoms with Crippen molar-refractivity contribution in [2.75, 3.05) is 0 Å². The van der Waals surface area contributed by atoms with Crippen molar-refractivity contribution in [1.29, 1.82) is 0 Å². The Morgan fingerprint density at radius 2 is 1.74 bits per heavy atom. The van der Waals surface area contributed by atoms with Gasteiger partial charge in [0, 0.05) is 23.5 Å². The molecule has 0 atom stereocenters. The lowest BCUT2D eigenvalue weighted by Crippen LogP contribution is -2.26. The minimum Gasteiger partial charge on any atom is -0.328 e. The molecule has 0 fully saturated rings. The van der Waals surface area contributed by atoms with Crippen molar-refractivity contribution < 1.29 is 13.6 Å². The summed E-state index contributed by atoms with van der Waals surface area (Å²) in [4.78, 5) is 14.5. The van der Waals surface area contributed by atoms with Gasteiger partial charge in [0.2, 0.25) is 0 Å². The molecule has 0 saturated heterocycles. The van der Waals surface area contributed by atoms with E-state index in [1.807, 2.05) is 52.8 Å². The molecule has 0 aliphatic carbocycles. The lowest BCUT2D eigenvalue weighted by atomic mass is 10.1. The number of fused-ring (bicyclic) bond motifs is 1. The number of rotatable bonds is 3. The van der Waals surface area contributed by atoms with E-state index in [-0.39, 0.29) is 11.5 Å². The number of hydrogen-bond donors (Lipinski definition) is 0. The van der Waals surface area contributed by atoms with E-state index in [9.17, 15) is 13.6 Å². The molecule has 0 N–H and O–H groups in total. The average molecular weight is 418 g/mol. The van der Waals surface area contributed by atoms with Crippen LogP contribution in [0.4, 0.5) is 8.78 Å². The van der Waals surface area contributed by atoms with E-state index in [4.69, 9.17) is 5.10 Å². The van der Waals surface area contributed by atoms with Crippen molar-refractivity contribution in [2.24, 2.45) is 0 Å². The number of carbonyl (C=O) groups excluding carboxylic acids is 1. The third-order valence-corrected chi connectivity index (χ3v) is 5.61. The number of aromatic nitrogens is 3. The van der Waals surface area contributed by atoms with Crippen molar-refractivity contribution >= 4 is 5.91 Å². The SMILES string of the molecule is Cc1ccc(-n2nc3c(c2-n2cccc2)CN(C(=O)c2ccc(F)c(F)c2)C3)c(C)c1. The van der Waals surface area contributed by atoms with Crippen molar-refractivity contribution in [2.45, 2.75) is 26.9 Å². The Bertz CT molecular complexity index is 1310. The molecule has 1 aliphatic rings. The molecular weight excluding hydrogens is 398 g/mol. The molecule has 0 saturated carbocycles. The normalized spacial score (nSPS) is 13.0. The van der Waals surface area contributed by atoms with Crippen molar-refractivity contribution in [1.82, 2.24) is 19.2 Å². The Hall–Kier alpha value is -3.74. The zero-order valence-electron chi connectivity index (χ0n) is 17.1. The molecule has 5 rings (SSSR count). The third-order valence-electron chi connectivity index (χ3n) is 5.61. The Kier molecular flexibility index (Phi) is 4.46. The first-order valence-corrected chi connectivity index (χ1v) is 9.98. The predicted molar refractivity (Wildman–Crippen MR) is 112 cm³/mol. The Balaban J connectivity index is 1.55. The topological polar surface area (TPSA) is 43.1 Å². The molecule has 1 aliphatic heterocycles. The predicted octanol–water partition coefficient (Wildman–Crippen LogP) is 4.71. The number of aryl methyl sites for hydroxylation is 2. The fourth-order valence-corrected chi connectivity index (χ4v) is 4.11. The zero-order valence-corrected chi connectivity index (χ0v) is 17.1. The molecule has 156 valence electrons. The number of benzene rings is 2. The lowest BCUT2D eigenvalue weighted by Gasteiger charge is -2.18. The number of nitrogens with zero attached hydrogens (tertiary/aromatic N) is 4. The summed E-state index contributed by atoms with van der Waals surface area (Å²) >= 11 is 0. The fourth-order valence-electron chi connectivity index (χ4n) is 4.11. The summed E-state index contributed by atoms with van der Waals surface area (Å²) in [5.74, 6) is -1.49. The summed E-state index contributed by atoms with van der Waals surface area (Å²) in [7, 11) is 0. The second-order valence-electron chi connectivity index (χ2n) is 7.83. The van der Waals surface area contributed by atoms with Gasteiger partial charge in [0.05, 0.1) is 24.5 Å². The molecule has 2 aromatic heterocycles. The van der Waals surface area contributed by atoms with Gasteiger partial charge >= 0.3 is 0 Å². The summed E-state index contributed by atoms with van der Waals surface area (Å²) in [6, 6.07) is 13.3. The first-order valence-electron chi connectivity index (χ1n) is 9.98. The average Bonchev–Trinajstić information content (AvgIpc) is 3.45. The quantitative estimate of drug-likeness (QED) is 0.484. The molecule has 0 unspecified atom stereocenters. The van der Waals surface area contributed by atoms with Crippen LogP contribution in [0, 0.1) is 25.5 Å². The summed E-state index contributed by atoms with van der Waals surface area (Å²) in [6.45, 7) is 4.74. The molecule has 1 amide bonds. The maximum atomic E-state index is 13.6. The number of hydrogen-bond acceptors (Lipinski definition) is 2. The van der Waals surface area contributed by atoms with Crippen LogP contribution in [0.15, 0.2) is 60.9 Å². The molecule has 0 radical (unpaired) electrons. The third kappa shape index (κ3) is 3.22. The van der Waals surface area contributed by atoms with Gasteiger partial charge in [-0.1, -0.05) is 17.7 Å². The molecule has 3 heterocycles. The van der Waals surface area contributed by atoms with Gasteiger partial charge in [0.15, 0.2) is 11.6 Å². The first-order chi connectivity index (χ1) is 14.9. The Morgan fingerprint density at radius 3 is 2.45 bits per heavy atom. The zero-order chi connectivity index (χ0) is 21.7. The lowest BCUT2D eigenvalue weighted by molar-refractivity contribution is 0.0748. The van der Waals surface area contributed by atoms with Crippen LogP contribution in [0.1, 0.15) is 32.7 Å². The van der Waals surface area contributed by atoms with Gasteiger partial charge in [-0.05, 0) is 55.8 Å². The van der Waals surface area contributed by atoms with Gasteiger partial charge in [-0.25, -0.2) is 13.5 Å². The summed E-state index contributed by atoms with van der Waals surface area (Å²) in [5, 5.41) is 4.83. The molecule has 2 aromatic carbocycles. The molecule has 4 aromatic rings. The Morgan fingerprint density at radius 1 is 0.968 bits per heavy atom. The fraction of sp³-hybridized carbons (Fsp3) is 0.167. The highest BCUT2D eigenvalue weighted by molar-refractivity contribution is 5.94. The van der Waals surface area contributed by atoms with Crippen LogP contribution < -0.4 is 0 Å². The monoisotopic (exact) mass is 418 g/mol. The van der Waals surface area contributed by atoms with Crippen LogP contribution in [0.25, 0.3) is 11.5 Å². The van der Waals surface area contributed by atoms with E-state index in [1.54, 1.807) is 4.90 Å². The highest BCUT2D eigenvalue weighted by Crippen LogP contribution is 2.32. The number of amides is 1. The highest BCUT2D eigenvalue weighted by Gasteiger charge is 2.32. The van der Waals surface area contributed by atoms with Gasteiger partial charge in [0.25, 0.3) is 5.91 Å².